The smallest absolute Gasteiger partial charge is 0.267 e. The van der Waals surface area contributed by atoms with Gasteiger partial charge in [-0.2, -0.15) is 18.2 Å². The van der Waals surface area contributed by atoms with Crippen LogP contribution in [-0.4, -0.2) is 14.1 Å². The van der Waals surface area contributed by atoms with Crippen molar-refractivity contribution in [2.45, 2.75) is 87.0 Å². The molecule has 6 heteroatoms. The molecule has 0 aliphatic carbocycles. The van der Waals surface area contributed by atoms with E-state index >= 15 is 0 Å². The minimum Gasteiger partial charge on any atom is -0.510 e. The van der Waals surface area contributed by atoms with E-state index < -0.39 is 0 Å². The zero-order chi connectivity index (χ0) is 35.7. The van der Waals surface area contributed by atoms with Gasteiger partial charge in [-0.3, -0.25) is 4.57 Å². The fourth-order valence-electron chi connectivity index (χ4n) is 6.96. The van der Waals surface area contributed by atoms with E-state index in [1.807, 2.05) is 24.4 Å². The van der Waals surface area contributed by atoms with Gasteiger partial charge in [-0.05, 0) is 108 Å². The van der Waals surface area contributed by atoms with Crippen molar-refractivity contribution in [3.63, 3.8) is 0 Å². The number of fused-ring (bicyclic) bond motifs is 3. The summed E-state index contributed by atoms with van der Waals surface area (Å²) in [4.78, 5) is 4.82. The molecule has 0 spiro atoms. The van der Waals surface area contributed by atoms with Crippen LogP contribution in [0.15, 0.2) is 79.1 Å². The fourth-order valence-corrected chi connectivity index (χ4v) is 6.96. The van der Waals surface area contributed by atoms with Crippen LogP contribution in [0.3, 0.4) is 0 Å². The van der Waals surface area contributed by atoms with Gasteiger partial charge in [0, 0.05) is 50.5 Å². The van der Waals surface area contributed by atoms with Crippen molar-refractivity contribution < 1.29 is 30.4 Å². The van der Waals surface area contributed by atoms with Gasteiger partial charge in [0.15, 0.2) is 0 Å². The van der Waals surface area contributed by atoms with Crippen LogP contribution in [0.1, 0.15) is 80.6 Å². The normalized spacial score (nSPS) is 12.1. The summed E-state index contributed by atoms with van der Waals surface area (Å²) >= 11 is 0. The molecule has 0 bridgehead atoms. The largest absolute Gasteiger partial charge is 0.510 e. The molecule has 4 aromatic carbocycles. The van der Waals surface area contributed by atoms with Crippen LogP contribution in [-0.2, 0) is 31.9 Å². The van der Waals surface area contributed by atoms with Gasteiger partial charge in [0.05, 0.1) is 11.4 Å². The summed E-state index contributed by atoms with van der Waals surface area (Å²) in [5, 5.41) is 2.25. The number of nitrogens with zero attached hydrogens (tertiary/aromatic N) is 4. The molecule has 0 atom stereocenters. The maximum atomic E-state index is 6.53. The Kier molecular flexibility index (Phi) is 9.44. The van der Waals surface area contributed by atoms with E-state index in [0.717, 1.165) is 39.0 Å². The zero-order valence-corrected chi connectivity index (χ0v) is 33.8. The Bertz CT molecular complexity index is 2410. The molecule has 0 amide bonds. The van der Waals surface area contributed by atoms with Gasteiger partial charge >= 0.3 is 0 Å². The number of ether oxygens (including phenoxy) is 1. The van der Waals surface area contributed by atoms with Crippen molar-refractivity contribution in [1.29, 1.82) is 0 Å². The standard InChI is InChI=1S/C45H46N4O.Pt/c1-28-29(2)31(4)43(32(5)30(28)3)47-26-41(45(9,10)11)48(27-47)34-15-14-16-35(24-34)50-36-19-20-38-37-17-12-13-18-39(37)49(40(38)25-36)42-23-33(21-22-46-42)44(6,7)8;/h12-23,26H,1-11H3;/q-2;. The van der Waals surface area contributed by atoms with Crippen LogP contribution in [0.4, 0.5) is 0 Å². The summed E-state index contributed by atoms with van der Waals surface area (Å²) in [6.45, 7) is 24.4. The Morgan fingerprint density at radius 3 is 2.04 bits per heavy atom. The van der Waals surface area contributed by atoms with Crippen LogP contribution in [0.25, 0.3) is 39.0 Å². The van der Waals surface area contributed by atoms with Crippen molar-refractivity contribution >= 4 is 21.8 Å². The van der Waals surface area contributed by atoms with Gasteiger partial charge in [0.2, 0.25) is 0 Å². The first-order chi connectivity index (χ1) is 23.6. The van der Waals surface area contributed by atoms with Crippen molar-refractivity contribution in [3.8, 4) is 28.7 Å². The number of para-hydroxylation sites is 1. The molecule has 0 N–H and O–H groups in total. The first-order valence-electron chi connectivity index (χ1n) is 17.4. The number of aromatic nitrogens is 4. The summed E-state index contributed by atoms with van der Waals surface area (Å²) in [6, 6.07) is 30.0. The number of pyridine rings is 1. The number of hydrogen-bond acceptors (Lipinski definition) is 2. The van der Waals surface area contributed by atoms with Crippen molar-refractivity contribution in [2.24, 2.45) is 0 Å². The number of rotatable bonds is 5. The summed E-state index contributed by atoms with van der Waals surface area (Å²) < 4.78 is 13.0. The molecule has 0 fully saturated rings. The van der Waals surface area contributed by atoms with E-state index in [2.05, 4.69) is 163 Å². The molecule has 264 valence electrons. The van der Waals surface area contributed by atoms with E-state index in [9.17, 15) is 0 Å². The average molecular weight is 854 g/mol. The van der Waals surface area contributed by atoms with Gasteiger partial charge in [0.25, 0.3) is 6.33 Å². The van der Waals surface area contributed by atoms with Crippen LogP contribution in [0.5, 0.6) is 11.5 Å². The third-order valence-electron chi connectivity index (χ3n) is 10.3. The number of imidazole rings is 1. The molecular formula is C45H46N4OPt-2. The second-order valence-electron chi connectivity index (χ2n) is 15.6. The molecule has 5 nitrogen and oxygen atoms in total. The second-order valence-corrected chi connectivity index (χ2v) is 15.6. The van der Waals surface area contributed by atoms with Crippen molar-refractivity contribution in [3.05, 3.63) is 137 Å². The SMILES string of the molecule is Cc1c(C)c(C)c(-[n+]2[c-]n(-c3[c-]c(Oc4[c-]c5c(cc4)c4ccccc4n5-c4cc(C(C)(C)C)ccn4)ccc3)c(C(C)(C)C)c2)c(C)c1C.[Pt]. The molecule has 0 unspecified atom stereocenters. The fraction of sp³-hybridized carbons (Fsp3) is 0.289. The first-order valence-corrected chi connectivity index (χ1v) is 17.4. The number of hydrogen-bond donors (Lipinski definition) is 0. The molecule has 7 rings (SSSR count). The second kappa shape index (κ2) is 13.3. The van der Waals surface area contributed by atoms with E-state index in [4.69, 9.17) is 9.72 Å². The van der Waals surface area contributed by atoms with Gasteiger partial charge < -0.3 is 13.9 Å². The van der Waals surface area contributed by atoms with E-state index in [-0.39, 0.29) is 31.9 Å². The van der Waals surface area contributed by atoms with E-state index in [1.165, 1.54) is 39.1 Å². The van der Waals surface area contributed by atoms with E-state index in [1.54, 1.807) is 0 Å². The minimum atomic E-state index is -0.145. The van der Waals surface area contributed by atoms with Crippen LogP contribution in [0.2, 0.25) is 0 Å². The van der Waals surface area contributed by atoms with Gasteiger partial charge in [-0.15, -0.1) is 29.7 Å². The van der Waals surface area contributed by atoms with Gasteiger partial charge in [0.1, 0.15) is 5.82 Å². The molecular weight excluding hydrogens is 808 g/mol. The quantitative estimate of drug-likeness (QED) is 0.128. The predicted molar refractivity (Wildman–Crippen MR) is 204 cm³/mol. The minimum absolute atomic E-state index is 0. The molecule has 3 aromatic heterocycles. The Morgan fingerprint density at radius 2 is 1.35 bits per heavy atom. The van der Waals surface area contributed by atoms with Crippen molar-refractivity contribution in [2.75, 3.05) is 0 Å². The topological polar surface area (TPSA) is 35.9 Å². The Balaban J connectivity index is 0.00000448. The average Bonchev–Trinajstić information content (AvgIpc) is 3.67. The zero-order valence-electron chi connectivity index (χ0n) is 31.5. The molecule has 3 heterocycles. The summed E-state index contributed by atoms with van der Waals surface area (Å²) in [6.07, 6.45) is 7.79. The predicted octanol–water partition coefficient (Wildman–Crippen LogP) is 10.6. The Morgan fingerprint density at radius 1 is 0.686 bits per heavy atom. The molecule has 0 saturated heterocycles. The van der Waals surface area contributed by atoms with Gasteiger partial charge in [-0.1, -0.05) is 65.3 Å². The molecule has 7 aromatic rings. The molecule has 0 aliphatic rings. The van der Waals surface area contributed by atoms with Gasteiger partial charge in [-0.25, -0.2) is 4.98 Å². The maximum absolute atomic E-state index is 6.53. The van der Waals surface area contributed by atoms with Crippen LogP contribution < -0.4 is 9.30 Å². The molecule has 0 saturated carbocycles. The maximum Gasteiger partial charge on any atom is 0.267 e. The summed E-state index contributed by atoms with van der Waals surface area (Å²) in [5.74, 6) is 2.08. The molecule has 51 heavy (non-hydrogen) atoms. The Hall–Kier alpha value is -4.47. The monoisotopic (exact) mass is 853 g/mol. The third-order valence-corrected chi connectivity index (χ3v) is 10.3. The molecule has 0 radical (unpaired) electrons. The first kappa shape index (κ1) is 36.3. The summed E-state index contributed by atoms with van der Waals surface area (Å²) in [5.41, 5.74) is 12.8. The van der Waals surface area contributed by atoms with Crippen molar-refractivity contribution in [1.82, 2.24) is 14.1 Å². The number of benzene rings is 4. The van der Waals surface area contributed by atoms with Crippen LogP contribution >= 0.6 is 0 Å². The third kappa shape index (κ3) is 6.46. The van der Waals surface area contributed by atoms with Crippen LogP contribution in [0, 0.1) is 53.1 Å². The Labute approximate surface area is 317 Å². The van der Waals surface area contributed by atoms with E-state index in [0.29, 0.717) is 11.5 Å². The molecule has 0 aliphatic heterocycles. The summed E-state index contributed by atoms with van der Waals surface area (Å²) in [7, 11) is 0.